The second kappa shape index (κ2) is 6.75. The van der Waals surface area contributed by atoms with Crippen LogP contribution in [0.25, 0.3) is 0 Å². The monoisotopic (exact) mass is 256 g/mol. The van der Waals surface area contributed by atoms with Gasteiger partial charge >= 0.3 is 0 Å². The summed E-state index contributed by atoms with van der Waals surface area (Å²) >= 11 is 0. The van der Waals surface area contributed by atoms with Gasteiger partial charge in [0, 0.05) is 25.2 Å². The Morgan fingerprint density at radius 3 is 2.79 bits per heavy atom. The molecule has 19 heavy (non-hydrogen) atoms. The molecule has 0 bridgehead atoms. The lowest BCUT2D eigenvalue weighted by atomic mass is 9.97. The van der Waals surface area contributed by atoms with Gasteiger partial charge in [0.2, 0.25) is 0 Å². The molecule has 0 aromatic heterocycles. The molecule has 3 unspecified atom stereocenters. The summed E-state index contributed by atoms with van der Waals surface area (Å²) in [5.74, 6) is 2.90. The molecule has 0 radical (unpaired) electrons. The summed E-state index contributed by atoms with van der Waals surface area (Å²) in [6, 6.07) is 11.8. The second-order valence-corrected chi connectivity index (χ2v) is 5.36. The summed E-state index contributed by atoms with van der Waals surface area (Å²) in [6.45, 7) is 6.39. The molecule has 2 heteroatoms. The van der Waals surface area contributed by atoms with Crippen molar-refractivity contribution in [2.75, 3.05) is 13.1 Å². The molecule has 1 aromatic rings. The van der Waals surface area contributed by atoms with E-state index in [4.69, 9.17) is 6.42 Å². The van der Waals surface area contributed by atoms with Crippen LogP contribution >= 0.6 is 0 Å². The lowest BCUT2D eigenvalue weighted by Crippen LogP contribution is -2.54. The molecule has 1 aromatic carbocycles. The SMILES string of the molecule is C#CC(C)N1CC(CCC)NCC1c1ccccc1. The molecule has 0 spiro atoms. The number of hydrogen-bond donors (Lipinski definition) is 1. The molecule has 1 heterocycles. The zero-order valence-electron chi connectivity index (χ0n) is 12.0. The summed E-state index contributed by atoms with van der Waals surface area (Å²) in [4.78, 5) is 2.46. The van der Waals surface area contributed by atoms with Gasteiger partial charge in [-0.15, -0.1) is 6.42 Å². The van der Waals surface area contributed by atoms with Gasteiger partial charge in [-0.2, -0.15) is 0 Å². The maximum atomic E-state index is 5.65. The van der Waals surface area contributed by atoms with E-state index in [0.717, 1.165) is 13.1 Å². The Balaban J connectivity index is 2.16. The predicted octanol–water partition coefficient (Wildman–Crippen LogP) is 2.82. The minimum absolute atomic E-state index is 0.187. The normalized spacial score (nSPS) is 25.7. The van der Waals surface area contributed by atoms with Crippen LogP contribution in [-0.4, -0.2) is 30.1 Å². The van der Waals surface area contributed by atoms with Crippen molar-refractivity contribution >= 4 is 0 Å². The molecule has 2 rings (SSSR count). The van der Waals surface area contributed by atoms with Crippen LogP contribution in [0.3, 0.4) is 0 Å². The van der Waals surface area contributed by atoms with Gasteiger partial charge in [0.25, 0.3) is 0 Å². The highest BCUT2D eigenvalue weighted by Crippen LogP contribution is 2.26. The number of terminal acetylenes is 1. The molecule has 1 fully saturated rings. The number of nitrogens with one attached hydrogen (secondary N) is 1. The standard InChI is InChI=1S/C17H24N2/c1-4-9-16-13-19(14(3)5-2)17(12-18-16)15-10-7-6-8-11-15/h2,6-8,10-11,14,16-18H,4,9,12-13H2,1,3H3. The molecule has 0 amide bonds. The number of rotatable bonds is 4. The van der Waals surface area contributed by atoms with Crippen LogP contribution in [0.2, 0.25) is 0 Å². The van der Waals surface area contributed by atoms with E-state index in [-0.39, 0.29) is 6.04 Å². The summed E-state index contributed by atoms with van der Waals surface area (Å²) in [6.07, 6.45) is 8.08. The van der Waals surface area contributed by atoms with Crippen molar-refractivity contribution in [1.82, 2.24) is 10.2 Å². The van der Waals surface area contributed by atoms with Gasteiger partial charge in [-0.1, -0.05) is 49.6 Å². The Morgan fingerprint density at radius 2 is 2.16 bits per heavy atom. The molecule has 3 atom stereocenters. The Morgan fingerprint density at radius 1 is 1.42 bits per heavy atom. The van der Waals surface area contributed by atoms with Gasteiger partial charge in [-0.05, 0) is 18.9 Å². The predicted molar refractivity (Wildman–Crippen MR) is 80.9 cm³/mol. The van der Waals surface area contributed by atoms with Gasteiger partial charge in [-0.25, -0.2) is 0 Å². The van der Waals surface area contributed by atoms with E-state index in [1.54, 1.807) is 0 Å². The van der Waals surface area contributed by atoms with Crippen molar-refractivity contribution in [1.29, 1.82) is 0 Å². The first-order valence-electron chi connectivity index (χ1n) is 7.26. The maximum Gasteiger partial charge on any atom is 0.0689 e. The van der Waals surface area contributed by atoms with Gasteiger partial charge in [0.05, 0.1) is 6.04 Å². The van der Waals surface area contributed by atoms with E-state index in [9.17, 15) is 0 Å². The number of hydrogen-bond acceptors (Lipinski definition) is 2. The Hall–Kier alpha value is -1.30. The fourth-order valence-electron chi connectivity index (χ4n) is 2.89. The molecule has 1 aliphatic rings. The van der Waals surface area contributed by atoms with E-state index in [0.29, 0.717) is 12.1 Å². The van der Waals surface area contributed by atoms with Crippen LogP contribution in [0, 0.1) is 12.3 Å². The number of piperazine rings is 1. The molecule has 1 aliphatic heterocycles. The van der Waals surface area contributed by atoms with Gasteiger partial charge in [0.15, 0.2) is 0 Å². The molecular weight excluding hydrogens is 232 g/mol. The fraction of sp³-hybridized carbons (Fsp3) is 0.529. The molecular formula is C17H24N2. The number of benzene rings is 1. The molecule has 0 aliphatic carbocycles. The zero-order chi connectivity index (χ0) is 13.7. The Kier molecular flexibility index (Phi) is 5.01. The largest absolute Gasteiger partial charge is 0.311 e. The molecule has 2 nitrogen and oxygen atoms in total. The maximum absolute atomic E-state index is 5.65. The van der Waals surface area contributed by atoms with E-state index >= 15 is 0 Å². The molecule has 1 N–H and O–H groups in total. The number of nitrogens with zero attached hydrogens (tertiary/aromatic N) is 1. The minimum atomic E-state index is 0.187. The van der Waals surface area contributed by atoms with Crippen LogP contribution in [-0.2, 0) is 0 Å². The van der Waals surface area contributed by atoms with Crippen LogP contribution in [0.4, 0.5) is 0 Å². The first-order valence-corrected chi connectivity index (χ1v) is 7.26. The zero-order valence-corrected chi connectivity index (χ0v) is 12.0. The summed E-state index contributed by atoms with van der Waals surface area (Å²) in [7, 11) is 0. The summed E-state index contributed by atoms with van der Waals surface area (Å²) < 4.78 is 0. The fourth-order valence-corrected chi connectivity index (χ4v) is 2.89. The summed E-state index contributed by atoms with van der Waals surface area (Å²) in [5.41, 5.74) is 1.35. The lowest BCUT2D eigenvalue weighted by molar-refractivity contribution is 0.109. The van der Waals surface area contributed by atoms with Gasteiger partial charge in [-0.3, -0.25) is 4.90 Å². The average Bonchev–Trinajstić information content (AvgIpc) is 2.47. The summed E-state index contributed by atoms with van der Waals surface area (Å²) in [5, 5.41) is 3.67. The molecule has 0 saturated carbocycles. The topological polar surface area (TPSA) is 15.3 Å². The third-order valence-corrected chi connectivity index (χ3v) is 3.99. The Labute approximate surface area is 117 Å². The van der Waals surface area contributed by atoms with Crippen molar-refractivity contribution < 1.29 is 0 Å². The third-order valence-electron chi connectivity index (χ3n) is 3.99. The van der Waals surface area contributed by atoms with Crippen LogP contribution in [0.15, 0.2) is 30.3 Å². The Bertz CT molecular complexity index is 421. The highest BCUT2D eigenvalue weighted by atomic mass is 15.2. The van der Waals surface area contributed by atoms with E-state index in [2.05, 4.69) is 60.3 Å². The average molecular weight is 256 g/mol. The molecule has 1 saturated heterocycles. The van der Waals surface area contributed by atoms with Crippen molar-refractivity contribution in [3.63, 3.8) is 0 Å². The van der Waals surface area contributed by atoms with Gasteiger partial charge < -0.3 is 5.32 Å². The quantitative estimate of drug-likeness (QED) is 0.833. The lowest BCUT2D eigenvalue weighted by Gasteiger charge is -2.42. The van der Waals surface area contributed by atoms with Crippen molar-refractivity contribution in [2.24, 2.45) is 0 Å². The van der Waals surface area contributed by atoms with Crippen molar-refractivity contribution in [3.05, 3.63) is 35.9 Å². The van der Waals surface area contributed by atoms with E-state index in [1.165, 1.54) is 18.4 Å². The van der Waals surface area contributed by atoms with Crippen molar-refractivity contribution in [3.8, 4) is 12.3 Å². The highest BCUT2D eigenvalue weighted by Gasteiger charge is 2.30. The van der Waals surface area contributed by atoms with Crippen LogP contribution < -0.4 is 5.32 Å². The third kappa shape index (κ3) is 3.37. The minimum Gasteiger partial charge on any atom is -0.311 e. The van der Waals surface area contributed by atoms with E-state index in [1.807, 2.05) is 0 Å². The first-order chi connectivity index (χ1) is 9.26. The second-order valence-electron chi connectivity index (χ2n) is 5.36. The van der Waals surface area contributed by atoms with Crippen molar-refractivity contribution in [2.45, 2.75) is 44.8 Å². The van der Waals surface area contributed by atoms with E-state index < -0.39 is 0 Å². The molecule has 102 valence electrons. The van der Waals surface area contributed by atoms with Crippen LogP contribution in [0.1, 0.15) is 38.3 Å². The van der Waals surface area contributed by atoms with Crippen LogP contribution in [0.5, 0.6) is 0 Å². The van der Waals surface area contributed by atoms with Gasteiger partial charge in [0.1, 0.15) is 0 Å². The highest BCUT2D eigenvalue weighted by molar-refractivity contribution is 5.21. The smallest absolute Gasteiger partial charge is 0.0689 e. The first kappa shape index (κ1) is 14.1.